The summed E-state index contributed by atoms with van der Waals surface area (Å²) in [5.74, 6) is 0. The second-order valence-corrected chi connectivity index (χ2v) is 3.14. The number of nitrogens with zero attached hydrogens (tertiary/aromatic N) is 1. The van der Waals surface area contributed by atoms with Gasteiger partial charge >= 0.3 is 0 Å². The molecule has 66 valence electrons. The van der Waals surface area contributed by atoms with E-state index in [0.29, 0.717) is 0 Å². The second kappa shape index (κ2) is 4.70. The van der Waals surface area contributed by atoms with E-state index in [9.17, 15) is 0 Å². The topological polar surface area (TPSA) is 41.3 Å². The van der Waals surface area contributed by atoms with Crippen LogP contribution in [0.2, 0.25) is 0 Å². The lowest BCUT2D eigenvalue weighted by atomic mass is 10.1. The van der Waals surface area contributed by atoms with Crippen molar-refractivity contribution < 1.29 is 0 Å². The molecule has 1 saturated heterocycles. The van der Waals surface area contributed by atoms with Gasteiger partial charge in [-0.2, -0.15) is 0 Å². The summed E-state index contributed by atoms with van der Waals surface area (Å²) in [6, 6.07) is 0.762. The average molecular weight is 157 g/mol. The van der Waals surface area contributed by atoms with Gasteiger partial charge in [-0.25, -0.2) is 0 Å². The van der Waals surface area contributed by atoms with Crippen LogP contribution in [0.1, 0.15) is 13.3 Å². The van der Waals surface area contributed by atoms with Gasteiger partial charge in [0.05, 0.1) is 0 Å². The highest BCUT2D eigenvalue weighted by atomic mass is 15.2. The van der Waals surface area contributed by atoms with E-state index in [1.807, 2.05) is 0 Å². The van der Waals surface area contributed by atoms with Crippen LogP contribution in [0.4, 0.5) is 0 Å². The lowest BCUT2D eigenvalue weighted by Gasteiger charge is -2.37. The molecule has 0 radical (unpaired) electrons. The highest BCUT2D eigenvalue weighted by molar-refractivity contribution is 4.84. The van der Waals surface area contributed by atoms with Crippen LogP contribution in [-0.2, 0) is 0 Å². The van der Waals surface area contributed by atoms with Gasteiger partial charge in [0.1, 0.15) is 0 Å². The van der Waals surface area contributed by atoms with E-state index in [0.717, 1.165) is 32.2 Å². The molecule has 1 heterocycles. The van der Waals surface area contributed by atoms with Crippen molar-refractivity contribution in [3.05, 3.63) is 0 Å². The summed E-state index contributed by atoms with van der Waals surface area (Å²) >= 11 is 0. The van der Waals surface area contributed by atoms with Crippen molar-refractivity contribution in [1.29, 1.82) is 0 Å². The van der Waals surface area contributed by atoms with E-state index in [4.69, 9.17) is 5.73 Å². The monoisotopic (exact) mass is 157 g/mol. The molecule has 0 unspecified atom stereocenters. The van der Waals surface area contributed by atoms with Gasteiger partial charge in [-0.15, -0.1) is 0 Å². The normalized spacial score (nSPS) is 18.8. The van der Waals surface area contributed by atoms with E-state index in [1.165, 1.54) is 13.0 Å². The Kier molecular flexibility index (Phi) is 3.83. The fraction of sp³-hybridized carbons (Fsp3) is 1.00. The van der Waals surface area contributed by atoms with Gasteiger partial charge in [0.25, 0.3) is 0 Å². The molecule has 11 heavy (non-hydrogen) atoms. The summed E-state index contributed by atoms with van der Waals surface area (Å²) in [5.41, 5.74) is 5.51. The summed E-state index contributed by atoms with van der Waals surface area (Å²) in [4.78, 5) is 2.48. The molecule has 1 aliphatic rings. The van der Waals surface area contributed by atoms with Gasteiger partial charge < -0.3 is 11.1 Å². The van der Waals surface area contributed by atoms with Crippen molar-refractivity contribution in [2.45, 2.75) is 19.4 Å². The molecule has 0 aromatic carbocycles. The molecule has 0 bridgehead atoms. The van der Waals surface area contributed by atoms with E-state index < -0.39 is 0 Å². The molecule has 0 aliphatic carbocycles. The first-order chi connectivity index (χ1) is 5.38. The largest absolute Gasteiger partial charge is 0.329 e. The quantitative estimate of drug-likeness (QED) is 0.572. The van der Waals surface area contributed by atoms with E-state index in [-0.39, 0.29) is 0 Å². The Balaban J connectivity index is 2.19. The van der Waals surface area contributed by atoms with Gasteiger partial charge in [-0.05, 0) is 13.0 Å². The lowest BCUT2D eigenvalue weighted by molar-refractivity contribution is 0.150. The molecule has 0 atom stereocenters. The van der Waals surface area contributed by atoms with Gasteiger partial charge in [-0.1, -0.05) is 6.92 Å². The van der Waals surface area contributed by atoms with Gasteiger partial charge in [-0.3, -0.25) is 4.90 Å². The first-order valence-corrected chi connectivity index (χ1v) is 4.53. The minimum atomic E-state index is 0.762. The lowest BCUT2D eigenvalue weighted by Crippen LogP contribution is -2.58. The third-order valence-electron chi connectivity index (χ3n) is 2.20. The summed E-state index contributed by atoms with van der Waals surface area (Å²) in [5, 5.41) is 3.28. The van der Waals surface area contributed by atoms with Crippen LogP contribution < -0.4 is 11.1 Å². The smallest absolute Gasteiger partial charge is 0.0345 e. The van der Waals surface area contributed by atoms with Crippen molar-refractivity contribution in [2.24, 2.45) is 5.73 Å². The number of nitrogens with one attached hydrogen (secondary N) is 1. The zero-order valence-corrected chi connectivity index (χ0v) is 7.34. The van der Waals surface area contributed by atoms with E-state index >= 15 is 0 Å². The molecule has 0 aromatic rings. The Morgan fingerprint density at radius 1 is 1.45 bits per heavy atom. The predicted molar refractivity (Wildman–Crippen MR) is 47.6 cm³/mol. The molecule has 3 nitrogen and oxygen atoms in total. The maximum atomic E-state index is 5.51. The van der Waals surface area contributed by atoms with Crippen LogP contribution >= 0.6 is 0 Å². The Morgan fingerprint density at radius 3 is 2.55 bits per heavy atom. The molecule has 0 amide bonds. The van der Waals surface area contributed by atoms with Crippen LogP contribution in [0.15, 0.2) is 0 Å². The Morgan fingerprint density at radius 2 is 2.18 bits per heavy atom. The Labute approximate surface area is 68.9 Å². The van der Waals surface area contributed by atoms with Crippen LogP contribution in [0.25, 0.3) is 0 Å². The van der Waals surface area contributed by atoms with Crippen LogP contribution in [0.5, 0.6) is 0 Å². The van der Waals surface area contributed by atoms with Gasteiger partial charge in [0.2, 0.25) is 0 Å². The zero-order valence-electron chi connectivity index (χ0n) is 7.34. The highest BCUT2D eigenvalue weighted by Crippen LogP contribution is 2.04. The summed E-state index contributed by atoms with van der Waals surface area (Å²) in [6.07, 6.45) is 1.23. The standard InChI is InChI=1S/C8H19N3/c1-2-4-11(5-3-9)8-6-10-7-8/h8,10H,2-7,9H2,1H3. The first kappa shape index (κ1) is 8.97. The second-order valence-electron chi connectivity index (χ2n) is 3.14. The number of hydrogen-bond donors (Lipinski definition) is 2. The molecule has 0 spiro atoms. The van der Waals surface area contributed by atoms with Crippen molar-refractivity contribution in [1.82, 2.24) is 10.2 Å². The van der Waals surface area contributed by atoms with E-state index in [1.54, 1.807) is 0 Å². The van der Waals surface area contributed by atoms with Crippen LogP contribution in [-0.4, -0.2) is 43.7 Å². The number of nitrogens with two attached hydrogens (primary N) is 1. The number of rotatable bonds is 5. The van der Waals surface area contributed by atoms with Crippen molar-refractivity contribution in [2.75, 3.05) is 32.7 Å². The maximum Gasteiger partial charge on any atom is 0.0345 e. The average Bonchev–Trinajstić information content (AvgIpc) is 1.85. The minimum Gasteiger partial charge on any atom is -0.329 e. The van der Waals surface area contributed by atoms with Crippen molar-refractivity contribution in [3.8, 4) is 0 Å². The molecule has 1 fully saturated rings. The summed E-state index contributed by atoms with van der Waals surface area (Å²) in [6.45, 7) is 7.57. The molecule has 0 saturated carbocycles. The molecule has 0 aromatic heterocycles. The minimum absolute atomic E-state index is 0.762. The third-order valence-corrected chi connectivity index (χ3v) is 2.20. The fourth-order valence-corrected chi connectivity index (χ4v) is 1.46. The molecule has 1 rings (SSSR count). The molecular weight excluding hydrogens is 138 g/mol. The summed E-state index contributed by atoms with van der Waals surface area (Å²) < 4.78 is 0. The van der Waals surface area contributed by atoms with Gasteiger partial charge in [0, 0.05) is 32.2 Å². The molecule has 3 N–H and O–H groups in total. The van der Waals surface area contributed by atoms with Crippen molar-refractivity contribution in [3.63, 3.8) is 0 Å². The van der Waals surface area contributed by atoms with Crippen LogP contribution in [0.3, 0.4) is 0 Å². The predicted octanol–water partition coefficient (Wildman–Crippen LogP) is -0.371. The summed E-state index contributed by atoms with van der Waals surface area (Å²) in [7, 11) is 0. The first-order valence-electron chi connectivity index (χ1n) is 4.53. The van der Waals surface area contributed by atoms with Crippen molar-refractivity contribution >= 4 is 0 Å². The fourth-order valence-electron chi connectivity index (χ4n) is 1.46. The van der Waals surface area contributed by atoms with Crippen LogP contribution in [0, 0.1) is 0 Å². The Hall–Kier alpha value is -0.120. The third kappa shape index (κ3) is 2.43. The highest BCUT2D eigenvalue weighted by Gasteiger charge is 2.22. The SMILES string of the molecule is CCCN(CCN)C1CNC1. The molecule has 1 aliphatic heterocycles. The zero-order chi connectivity index (χ0) is 8.10. The molecular formula is C8H19N3. The van der Waals surface area contributed by atoms with E-state index in [2.05, 4.69) is 17.1 Å². The van der Waals surface area contributed by atoms with Gasteiger partial charge in [0.15, 0.2) is 0 Å². The maximum absolute atomic E-state index is 5.51. The molecule has 3 heteroatoms. The Bertz CT molecular complexity index is 95.5. The number of hydrogen-bond acceptors (Lipinski definition) is 3.